The Labute approximate surface area is 246 Å². The molecule has 2 aromatic rings. The van der Waals surface area contributed by atoms with E-state index < -0.39 is 11.7 Å². The summed E-state index contributed by atoms with van der Waals surface area (Å²) in [6.45, 7) is 10.0. The fourth-order valence-electron chi connectivity index (χ4n) is 6.14. The summed E-state index contributed by atoms with van der Waals surface area (Å²) >= 11 is 1.31. The zero-order valence-corrected chi connectivity index (χ0v) is 25.4. The number of hydrogen-bond acceptors (Lipinski definition) is 7. The number of likely N-dealkylation sites (tertiary alicyclic amines) is 2. The Balaban J connectivity index is 1.22. The second-order valence-corrected chi connectivity index (χ2v) is 13.3. The summed E-state index contributed by atoms with van der Waals surface area (Å²) in [5.41, 5.74) is 0.929. The molecule has 3 aliphatic heterocycles. The quantitative estimate of drug-likeness (QED) is 0.470. The van der Waals surface area contributed by atoms with Gasteiger partial charge < -0.3 is 29.3 Å². The molecule has 10 heteroatoms. The molecule has 8 nitrogen and oxygen atoms in total. The van der Waals surface area contributed by atoms with E-state index in [9.17, 15) is 9.59 Å². The fraction of sp³-hybridized carbons (Fsp3) is 0.613. The van der Waals surface area contributed by atoms with Crippen LogP contribution in [0.5, 0.6) is 5.75 Å². The van der Waals surface area contributed by atoms with E-state index in [0.717, 1.165) is 68.0 Å². The van der Waals surface area contributed by atoms with Crippen LogP contribution in [0.4, 0.5) is 9.18 Å². The first-order valence-electron chi connectivity index (χ1n) is 14.7. The number of hydrogen-bond donors (Lipinski definition) is 1. The second-order valence-electron chi connectivity index (χ2n) is 12.3. The first-order valence-corrected chi connectivity index (χ1v) is 15.5. The topological polar surface area (TPSA) is 80.3 Å². The molecule has 1 aromatic carbocycles. The molecule has 1 aromatic heterocycles. The summed E-state index contributed by atoms with van der Waals surface area (Å²) in [4.78, 5) is 31.1. The molecule has 0 saturated carbocycles. The minimum Gasteiger partial charge on any atom is -0.495 e. The number of thiophene rings is 1. The maximum Gasteiger partial charge on any atom is 0.407 e. The number of nitrogens with zero attached hydrogens (tertiary/aromatic N) is 2. The van der Waals surface area contributed by atoms with Gasteiger partial charge in [0.1, 0.15) is 22.0 Å². The minimum atomic E-state index is -0.584. The van der Waals surface area contributed by atoms with Crippen LogP contribution in [0.3, 0.4) is 0 Å². The van der Waals surface area contributed by atoms with Gasteiger partial charge >= 0.3 is 6.09 Å². The molecule has 5 rings (SSSR count). The van der Waals surface area contributed by atoms with Gasteiger partial charge in [-0.1, -0.05) is 12.1 Å². The van der Waals surface area contributed by atoms with Crippen LogP contribution in [0.25, 0.3) is 10.4 Å². The maximum absolute atomic E-state index is 15.4. The lowest BCUT2D eigenvalue weighted by Gasteiger charge is -2.39. The Morgan fingerprint density at radius 3 is 2.44 bits per heavy atom. The third-order valence-corrected chi connectivity index (χ3v) is 9.42. The number of carbonyl (C=O) groups is 2. The summed E-state index contributed by atoms with van der Waals surface area (Å²) in [6, 6.07) is 7.70. The van der Waals surface area contributed by atoms with Gasteiger partial charge in [-0.3, -0.25) is 4.79 Å². The summed E-state index contributed by atoms with van der Waals surface area (Å²) < 4.78 is 31.8. The standard InChI is InChI=1S/C31H42FN3O5S/c1-31(2,3)40-30(37)33-22-9-14-35(19-22)29(36)28-26(38-4)18-27(41-28)21-5-6-24(25(32)17-21)20-7-12-34(13-8-20)23-10-15-39-16-11-23/h5-6,17-18,20,22-23H,7-16,19H2,1-4H3,(H,33,37)/t22-/m0/s1. The molecule has 4 heterocycles. The van der Waals surface area contributed by atoms with Gasteiger partial charge in [0.05, 0.1) is 13.2 Å². The van der Waals surface area contributed by atoms with Crippen LogP contribution in [-0.4, -0.2) is 86.0 Å². The fourth-order valence-corrected chi connectivity index (χ4v) is 7.22. The van der Waals surface area contributed by atoms with Crippen molar-refractivity contribution in [1.29, 1.82) is 0 Å². The summed E-state index contributed by atoms with van der Waals surface area (Å²) in [7, 11) is 1.54. The van der Waals surface area contributed by atoms with Crippen molar-refractivity contribution < 1.29 is 28.2 Å². The van der Waals surface area contributed by atoms with Gasteiger partial charge in [0.15, 0.2) is 0 Å². The van der Waals surface area contributed by atoms with E-state index in [1.54, 1.807) is 11.0 Å². The largest absolute Gasteiger partial charge is 0.495 e. The number of ether oxygens (including phenoxy) is 3. The molecular weight excluding hydrogens is 545 g/mol. The number of rotatable bonds is 6. The highest BCUT2D eigenvalue weighted by atomic mass is 32.1. The first-order chi connectivity index (χ1) is 19.6. The molecule has 224 valence electrons. The predicted octanol–water partition coefficient (Wildman–Crippen LogP) is 5.66. The van der Waals surface area contributed by atoms with Crippen molar-refractivity contribution >= 4 is 23.3 Å². The highest BCUT2D eigenvalue weighted by Gasteiger charge is 2.32. The van der Waals surface area contributed by atoms with Crippen LogP contribution >= 0.6 is 11.3 Å². The third-order valence-electron chi connectivity index (χ3n) is 8.27. The van der Waals surface area contributed by atoms with Crippen LogP contribution in [0.15, 0.2) is 24.3 Å². The second kappa shape index (κ2) is 12.7. The Morgan fingerprint density at radius 2 is 1.78 bits per heavy atom. The molecule has 1 atom stereocenters. The van der Waals surface area contributed by atoms with Gasteiger partial charge in [-0.25, -0.2) is 9.18 Å². The molecule has 3 saturated heterocycles. The van der Waals surface area contributed by atoms with E-state index in [2.05, 4.69) is 10.2 Å². The average molecular weight is 588 g/mol. The number of benzene rings is 1. The maximum atomic E-state index is 15.4. The van der Waals surface area contributed by atoms with Gasteiger partial charge in [-0.05, 0) is 95.1 Å². The predicted molar refractivity (Wildman–Crippen MR) is 157 cm³/mol. The lowest BCUT2D eigenvalue weighted by Crippen LogP contribution is -2.43. The Morgan fingerprint density at radius 1 is 1.05 bits per heavy atom. The number of halogens is 1. The molecule has 41 heavy (non-hydrogen) atoms. The van der Waals surface area contributed by atoms with Crippen molar-refractivity contribution in [3.63, 3.8) is 0 Å². The highest BCUT2D eigenvalue weighted by molar-refractivity contribution is 7.17. The van der Waals surface area contributed by atoms with E-state index in [1.165, 1.54) is 18.4 Å². The highest BCUT2D eigenvalue weighted by Crippen LogP contribution is 2.39. The molecule has 1 N–H and O–H groups in total. The zero-order valence-electron chi connectivity index (χ0n) is 24.5. The zero-order chi connectivity index (χ0) is 29.1. The van der Waals surface area contributed by atoms with Crippen molar-refractivity contribution in [2.45, 2.75) is 76.5 Å². The van der Waals surface area contributed by atoms with Crippen molar-refractivity contribution in [2.24, 2.45) is 0 Å². The molecule has 0 spiro atoms. The monoisotopic (exact) mass is 587 g/mol. The van der Waals surface area contributed by atoms with Crippen LogP contribution < -0.4 is 10.1 Å². The average Bonchev–Trinajstić information content (AvgIpc) is 3.60. The van der Waals surface area contributed by atoms with E-state index in [1.807, 2.05) is 39.0 Å². The smallest absolute Gasteiger partial charge is 0.407 e. The van der Waals surface area contributed by atoms with E-state index in [-0.39, 0.29) is 23.7 Å². The van der Waals surface area contributed by atoms with Gasteiger partial charge in [0.2, 0.25) is 0 Å². The number of methoxy groups -OCH3 is 1. The third kappa shape index (κ3) is 7.21. The first kappa shape index (κ1) is 29.8. The van der Waals surface area contributed by atoms with Crippen molar-refractivity contribution in [3.05, 3.63) is 40.5 Å². The molecular formula is C31H42FN3O5S. The molecule has 0 unspecified atom stereocenters. The lowest BCUT2D eigenvalue weighted by atomic mass is 9.87. The normalized spacial score (nSPS) is 21.2. The molecule has 3 aliphatic rings. The molecule has 0 aliphatic carbocycles. The molecule has 2 amide bonds. The minimum absolute atomic E-state index is 0.153. The molecule has 0 radical (unpaired) electrons. The van der Waals surface area contributed by atoms with Crippen LogP contribution in [0, 0.1) is 5.82 Å². The lowest BCUT2D eigenvalue weighted by molar-refractivity contribution is 0.0250. The van der Waals surface area contributed by atoms with Crippen molar-refractivity contribution in [3.8, 4) is 16.2 Å². The number of alkyl carbamates (subject to hydrolysis) is 1. The summed E-state index contributed by atoms with van der Waals surface area (Å²) in [5, 5.41) is 2.86. The summed E-state index contributed by atoms with van der Waals surface area (Å²) in [6.07, 6.45) is 4.25. The van der Waals surface area contributed by atoms with E-state index >= 15 is 4.39 Å². The van der Waals surface area contributed by atoms with Crippen LogP contribution in [0.2, 0.25) is 0 Å². The van der Waals surface area contributed by atoms with E-state index in [4.69, 9.17) is 14.2 Å². The van der Waals surface area contributed by atoms with Crippen LogP contribution in [0.1, 0.15) is 74.0 Å². The van der Waals surface area contributed by atoms with Gasteiger partial charge in [-0.2, -0.15) is 0 Å². The van der Waals surface area contributed by atoms with Crippen molar-refractivity contribution in [2.75, 3.05) is 46.5 Å². The van der Waals surface area contributed by atoms with Gasteiger partial charge in [0.25, 0.3) is 5.91 Å². The Kier molecular flexibility index (Phi) is 9.21. The van der Waals surface area contributed by atoms with Crippen molar-refractivity contribution in [1.82, 2.24) is 15.1 Å². The SMILES string of the molecule is COc1cc(-c2ccc(C3CCN(C4CCOCC4)CC3)c(F)c2)sc1C(=O)N1CC[C@H](NC(=O)OC(C)(C)C)C1. The Hall–Kier alpha value is -2.69. The van der Waals surface area contributed by atoms with Crippen LogP contribution in [-0.2, 0) is 9.47 Å². The van der Waals surface area contributed by atoms with Gasteiger partial charge in [0, 0.05) is 37.2 Å². The number of nitrogens with one attached hydrogen (secondary N) is 1. The molecule has 0 bridgehead atoms. The number of amides is 2. The van der Waals surface area contributed by atoms with E-state index in [0.29, 0.717) is 36.2 Å². The Bertz CT molecular complexity index is 1230. The molecule has 3 fully saturated rings. The number of piperidine rings is 1. The van der Waals surface area contributed by atoms with Gasteiger partial charge in [-0.15, -0.1) is 11.3 Å². The summed E-state index contributed by atoms with van der Waals surface area (Å²) in [5.74, 6) is 0.346. The number of carbonyl (C=O) groups excluding carboxylic acids is 2.